The quantitative estimate of drug-likeness (QED) is 0.770. The SMILES string of the molecule is Cc1ccc(C)c(S(=O)(=O)NCc2nccnc2-c2ccco2)c1. The zero-order valence-electron chi connectivity index (χ0n) is 13.4. The fourth-order valence-corrected chi connectivity index (χ4v) is 3.67. The van der Waals surface area contributed by atoms with Crippen molar-refractivity contribution in [1.82, 2.24) is 14.7 Å². The molecule has 0 radical (unpaired) electrons. The number of benzene rings is 1. The maximum absolute atomic E-state index is 12.6. The highest BCUT2D eigenvalue weighted by atomic mass is 32.2. The summed E-state index contributed by atoms with van der Waals surface area (Å²) in [5.74, 6) is 0.545. The van der Waals surface area contributed by atoms with Crippen LogP contribution in [0.2, 0.25) is 0 Å². The summed E-state index contributed by atoms with van der Waals surface area (Å²) in [7, 11) is -3.65. The molecular formula is C17H17N3O3S. The molecular weight excluding hydrogens is 326 g/mol. The van der Waals surface area contributed by atoms with Gasteiger partial charge in [0.25, 0.3) is 0 Å². The van der Waals surface area contributed by atoms with E-state index in [2.05, 4.69) is 14.7 Å². The van der Waals surface area contributed by atoms with E-state index in [-0.39, 0.29) is 11.4 Å². The Morgan fingerprint density at radius 3 is 2.67 bits per heavy atom. The third-order valence-corrected chi connectivity index (χ3v) is 5.13. The second kappa shape index (κ2) is 6.54. The molecule has 124 valence electrons. The van der Waals surface area contributed by atoms with Gasteiger partial charge in [-0.15, -0.1) is 0 Å². The fourth-order valence-electron chi connectivity index (χ4n) is 2.35. The molecule has 6 nitrogen and oxygen atoms in total. The zero-order chi connectivity index (χ0) is 17.2. The highest BCUT2D eigenvalue weighted by molar-refractivity contribution is 7.89. The number of aryl methyl sites for hydroxylation is 2. The molecule has 0 bridgehead atoms. The van der Waals surface area contributed by atoms with Gasteiger partial charge in [-0.05, 0) is 43.2 Å². The smallest absolute Gasteiger partial charge is 0.241 e. The van der Waals surface area contributed by atoms with E-state index in [0.717, 1.165) is 5.56 Å². The summed E-state index contributed by atoms with van der Waals surface area (Å²) < 4.78 is 33.1. The van der Waals surface area contributed by atoms with E-state index in [1.165, 1.54) is 12.5 Å². The number of hydrogen-bond acceptors (Lipinski definition) is 5. The van der Waals surface area contributed by atoms with Crippen molar-refractivity contribution in [2.45, 2.75) is 25.3 Å². The maximum atomic E-state index is 12.6. The first-order chi connectivity index (χ1) is 11.5. The molecule has 2 aromatic heterocycles. The van der Waals surface area contributed by atoms with Gasteiger partial charge >= 0.3 is 0 Å². The second-order valence-corrected chi connectivity index (χ2v) is 7.16. The minimum absolute atomic E-state index is 0.0274. The molecule has 0 aliphatic heterocycles. The standard InChI is InChI=1S/C17H17N3O3S/c1-12-5-6-13(2)16(10-12)24(21,22)20-11-14-17(19-8-7-18-14)15-4-3-9-23-15/h3-10,20H,11H2,1-2H3. The monoisotopic (exact) mass is 343 g/mol. The lowest BCUT2D eigenvalue weighted by molar-refractivity contribution is 0.573. The summed E-state index contributed by atoms with van der Waals surface area (Å²) >= 11 is 0. The molecule has 7 heteroatoms. The van der Waals surface area contributed by atoms with Crippen LogP contribution in [0.4, 0.5) is 0 Å². The third kappa shape index (κ3) is 3.37. The molecule has 0 saturated carbocycles. The summed E-state index contributed by atoms with van der Waals surface area (Å²) in [4.78, 5) is 8.73. The molecule has 0 aliphatic carbocycles. The third-order valence-electron chi connectivity index (χ3n) is 3.59. The maximum Gasteiger partial charge on any atom is 0.241 e. The molecule has 0 aliphatic rings. The first kappa shape index (κ1) is 16.4. The predicted octanol–water partition coefficient (Wildman–Crippen LogP) is 2.83. The van der Waals surface area contributed by atoms with Crippen molar-refractivity contribution < 1.29 is 12.8 Å². The van der Waals surface area contributed by atoms with Gasteiger partial charge in [0.15, 0.2) is 5.76 Å². The molecule has 0 spiro atoms. The van der Waals surface area contributed by atoms with E-state index in [4.69, 9.17) is 4.42 Å². The van der Waals surface area contributed by atoms with Crippen LogP contribution >= 0.6 is 0 Å². The number of furan rings is 1. The van der Waals surface area contributed by atoms with Crippen molar-refractivity contribution in [2.75, 3.05) is 0 Å². The van der Waals surface area contributed by atoms with Gasteiger partial charge in [-0.25, -0.2) is 18.1 Å². The van der Waals surface area contributed by atoms with Gasteiger partial charge in [0, 0.05) is 12.4 Å². The molecule has 1 aromatic carbocycles. The van der Waals surface area contributed by atoms with Crippen molar-refractivity contribution in [1.29, 1.82) is 0 Å². The van der Waals surface area contributed by atoms with E-state index in [1.807, 2.05) is 13.0 Å². The first-order valence-electron chi connectivity index (χ1n) is 7.38. The van der Waals surface area contributed by atoms with E-state index < -0.39 is 10.0 Å². The van der Waals surface area contributed by atoms with E-state index >= 15 is 0 Å². The Morgan fingerprint density at radius 2 is 1.92 bits per heavy atom. The lowest BCUT2D eigenvalue weighted by Gasteiger charge is -2.11. The Balaban J connectivity index is 1.87. The summed E-state index contributed by atoms with van der Waals surface area (Å²) in [6, 6.07) is 8.83. The summed E-state index contributed by atoms with van der Waals surface area (Å²) in [6.45, 7) is 3.65. The molecule has 0 saturated heterocycles. The van der Waals surface area contributed by atoms with E-state index in [1.54, 1.807) is 37.4 Å². The molecule has 0 amide bonds. The Morgan fingerprint density at radius 1 is 1.12 bits per heavy atom. The minimum Gasteiger partial charge on any atom is -0.463 e. The van der Waals surface area contributed by atoms with Crippen LogP contribution in [0, 0.1) is 13.8 Å². The average Bonchev–Trinajstić information content (AvgIpc) is 3.10. The Kier molecular flexibility index (Phi) is 4.46. The van der Waals surface area contributed by atoms with Crippen molar-refractivity contribution in [3.8, 4) is 11.5 Å². The zero-order valence-corrected chi connectivity index (χ0v) is 14.2. The second-order valence-electron chi connectivity index (χ2n) is 5.42. The summed E-state index contributed by atoms with van der Waals surface area (Å²) in [5, 5.41) is 0. The Labute approximate surface area is 140 Å². The van der Waals surface area contributed by atoms with Crippen LogP contribution in [0.25, 0.3) is 11.5 Å². The number of nitrogens with zero attached hydrogens (tertiary/aromatic N) is 2. The molecule has 3 rings (SSSR count). The lowest BCUT2D eigenvalue weighted by Crippen LogP contribution is -2.25. The van der Waals surface area contributed by atoms with Crippen LogP contribution in [0.3, 0.4) is 0 Å². The topological polar surface area (TPSA) is 85.1 Å². The summed E-state index contributed by atoms with van der Waals surface area (Å²) in [5.41, 5.74) is 2.60. The van der Waals surface area contributed by atoms with Crippen LogP contribution in [0.5, 0.6) is 0 Å². The fraction of sp³-hybridized carbons (Fsp3) is 0.176. The van der Waals surface area contributed by atoms with Gasteiger partial charge in [-0.1, -0.05) is 12.1 Å². The Bertz CT molecular complexity index is 951. The van der Waals surface area contributed by atoms with Crippen LogP contribution in [-0.2, 0) is 16.6 Å². The molecule has 0 unspecified atom stereocenters. The average molecular weight is 343 g/mol. The number of nitrogens with one attached hydrogen (secondary N) is 1. The molecule has 2 heterocycles. The van der Waals surface area contributed by atoms with Crippen LogP contribution < -0.4 is 4.72 Å². The number of sulfonamides is 1. The molecule has 24 heavy (non-hydrogen) atoms. The molecule has 1 N–H and O–H groups in total. The minimum atomic E-state index is -3.65. The molecule has 0 fully saturated rings. The van der Waals surface area contributed by atoms with Gasteiger partial charge < -0.3 is 4.42 Å². The first-order valence-corrected chi connectivity index (χ1v) is 8.86. The van der Waals surface area contributed by atoms with Gasteiger partial charge in [0.2, 0.25) is 10.0 Å². The Hall–Kier alpha value is -2.51. The molecule has 0 atom stereocenters. The normalized spacial score (nSPS) is 11.6. The van der Waals surface area contributed by atoms with E-state index in [0.29, 0.717) is 22.7 Å². The van der Waals surface area contributed by atoms with Crippen molar-refractivity contribution in [2.24, 2.45) is 0 Å². The van der Waals surface area contributed by atoms with Crippen LogP contribution in [-0.4, -0.2) is 18.4 Å². The van der Waals surface area contributed by atoms with Crippen molar-refractivity contribution in [3.05, 3.63) is 65.8 Å². The van der Waals surface area contributed by atoms with Gasteiger partial charge in [-0.3, -0.25) is 4.98 Å². The van der Waals surface area contributed by atoms with Gasteiger partial charge in [0.05, 0.1) is 23.4 Å². The lowest BCUT2D eigenvalue weighted by atomic mass is 10.2. The van der Waals surface area contributed by atoms with Crippen LogP contribution in [0.15, 0.2) is 58.3 Å². The number of aromatic nitrogens is 2. The van der Waals surface area contributed by atoms with Crippen molar-refractivity contribution >= 4 is 10.0 Å². The highest BCUT2D eigenvalue weighted by Gasteiger charge is 2.19. The summed E-state index contributed by atoms with van der Waals surface area (Å²) in [6.07, 6.45) is 4.60. The largest absolute Gasteiger partial charge is 0.463 e. The number of hydrogen-bond donors (Lipinski definition) is 1. The van der Waals surface area contributed by atoms with Crippen LogP contribution in [0.1, 0.15) is 16.8 Å². The van der Waals surface area contributed by atoms with Crippen molar-refractivity contribution in [3.63, 3.8) is 0 Å². The van der Waals surface area contributed by atoms with Gasteiger partial charge in [0.1, 0.15) is 5.69 Å². The molecule has 3 aromatic rings. The highest BCUT2D eigenvalue weighted by Crippen LogP contribution is 2.21. The predicted molar refractivity (Wildman–Crippen MR) is 89.7 cm³/mol. The number of rotatable bonds is 5. The van der Waals surface area contributed by atoms with E-state index in [9.17, 15) is 8.42 Å². The van der Waals surface area contributed by atoms with Gasteiger partial charge in [-0.2, -0.15) is 0 Å².